The third-order valence-corrected chi connectivity index (χ3v) is 6.84. The highest BCUT2D eigenvalue weighted by atomic mass is 16.7. The molecule has 2 aromatic carbocycles. The van der Waals surface area contributed by atoms with Crippen LogP contribution in [0.1, 0.15) is 39.1 Å². The summed E-state index contributed by atoms with van der Waals surface area (Å²) in [6.07, 6.45) is 4.15. The van der Waals surface area contributed by atoms with Gasteiger partial charge < -0.3 is 19.3 Å². The van der Waals surface area contributed by atoms with Gasteiger partial charge in [0.15, 0.2) is 11.6 Å². The van der Waals surface area contributed by atoms with E-state index in [9.17, 15) is 19.5 Å². The molecule has 4 atom stereocenters. The number of rotatable bonds is 4. The predicted molar refractivity (Wildman–Crippen MR) is 113 cm³/mol. The molecule has 1 saturated carbocycles. The Bertz CT molecular complexity index is 1140. The SMILES string of the molecule is CO[C@@]12C=C[C@@H](CC1)[C@H]1C(=O)c3c(OC(=O)OCc4ccccc4)ccc(O)c3C(=O)[C@@H]12. The lowest BCUT2D eigenvalue weighted by Gasteiger charge is -2.52. The number of carbonyl (C=O) groups excluding carboxylic acids is 3. The molecule has 0 saturated heterocycles. The molecule has 0 aromatic heterocycles. The number of phenols is 1. The molecule has 0 aliphatic heterocycles. The molecule has 1 fully saturated rings. The Morgan fingerprint density at radius 2 is 1.88 bits per heavy atom. The normalized spacial score (nSPS) is 27.6. The average molecular weight is 434 g/mol. The van der Waals surface area contributed by atoms with E-state index in [4.69, 9.17) is 14.2 Å². The van der Waals surface area contributed by atoms with E-state index < -0.39 is 23.6 Å². The summed E-state index contributed by atoms with van der Waals surface area (Å²) in [6, 6.07) is 11.7. The Balaban J connectivity index is 1.48. The lowest BCUT2D eigenvalue weighted by Crippen LogP contribution is -2.58. The predicted octanol–water partition coefficient (Wildman–Crippen LogP) is 4.08. The van der Waals surface area contributed by atoms with Crippen molar-refractivity contribution in [3.8, 4) is 11.5 Å². The Hall–Kier alpha value is -3.45. The van der Waals surface area contributed by atoms with Crippen molar-refractivity contribution in [1.82, 2.24) is 0 Å². The number of carbonyl (C=O) groups is 3. The largest absolute Gasteiger partial charge is 0.514 e. The van der Waals surface area contributed by atoms with Crippen molar-refractivity contribution < 1.29 is 33.7 Å². The van der Waals surface area contributed by atoms with Gasteiger partial charge in [-0.1, -0.05) is 42.5 Å². The van der Waals surface area contributed by atoms with Crippen LogP contribution in [0.3, 0.4) is 0 Å². The molecule has 2 bridgehead atoms. The zero-order valence-electron chi connectivity index (χ0n) is 17.4. The number of Topliss-reactive ketones (excluding diaryl/α,β-unsaturated/α-hetero) is 2. The molecule has 164 valence electrons. The third kappa shape index (κ3) is 3.04. The fourth-order valence-electron chi connectivity index (χ4n) is 5.31. The van der Waals surface area contributed by atoms with E-state index in [0.29, 0.717) is 12.8 Å². The van der Waals surface area contributed by atoms with Gasteiger partial charge in [-0.25, -0.2) is 4.79 Å². The molecular formula is C25H22O7. The Kier molecular flexibility index (Phi) is 4.86. The minimum absolute atomic E-state index is 0.000745. The van der Waals surface area contributed by atoms with Gasteiger partial charge in [-0.05, 0) is 36.5 Å². The van der Waals surface area contributed by atoms with Crippen LogP contribution in [0.25, 0.3) is 0 Å². The topological polar surface area (TPSA) is 99.1 Å². The summed E-state index contributed by atoms with van der Waals surface area (Å²) in [5.74, 6) is -2.58. The maximum atomic E-state index is 13.6. The summed E-state index contributed by atoms with van der Waals surface area (Å²) < 4.78 is 16.2. The van der Waals surface area contributed by atoms with Crippen molar-refractivity contribution in [2.24, 2.45) is 17.8 Å². The van der Waals surface area contributed by atoms with Crippen molar-refractivity contribution in [1.29, 1.82) is 0 Å². The standard InChI is InChI=1S/C25H22O7/c1-30-25-11-9-15(10-12-25)18-21(25)23(28)19-16(26)7-8-17(20(19)22(18)27)32-24(29)31-13-14-5-3-2-4-6-14/h2-9,11,15,18,21,26H,10,12-13H2,1H3/t15-,18+,21+,25-/m0/s1. The fraction of sp³-hybridized carbons (Fsp3) is 0.320. The quantitative estimate of drug-likeness (QED) is 0.440. The van der Waals surface area contributed by atoms with Gasteiger partial charge in [0.25, 0.3) is 0 Å². The average Bonchev–Trinajstić information content (AvgIpc) is 2.83. The number of hydrogen-bond acceptors (Lipinski definition) is 7. The minimum Gasteiger partial charge on any atom is -0.507 e. The monoisotopic (exact) mass is 434 g/mol. The van der Waals surface area contributed by atoms with Crippen LogP contribution in [-0.4, -0.2) is 35.5 Å². The highest BCUT2D eigenvalue weighted by Gasteiger charge is 2.60. The number of fused-ring (bicyclic) bond motifs is 2. The summed E-state index contributed by atoms with van der Waals surface area (Å²) in [7, 11) is 1.53. The number of methoxy groups -OCH3 is 1. The van der Waals surface area contributed by atoms with Gasteiger partial charge in [0.2, 0.25) is 0 Å². The lowest BCUT2D eigenvalue weighted by molar-refractivity contribution is -0.0693. The van der Waals surface area contributed by atoms with Gasteiger partial charge >= 0.3 is 6.16 Å². The second kappa shape index (κ2) is 7.60. The van der Waals surface area contributed by atoms with Crippen LogP contribution >= 0.6 is 0 Å². The van der Waals surface area contributed by atoms with Crippen molar-refractivity contribution >= 4 is 17.7 Å². The molecule has 7 nitrogen and oxygen atoms in total. The van der Waals surface area contributed by atoms with Crippen LogP contribution in [0, 0.1) is 17.8 Å². The summed E-state index contributed by atoms with van der Waals surface area (Å²) in [5, 5.41) is 10.5. The van der Waals surface area contributed by atoms with E-state index in [1.54, 1.807) is 12.1 Å². The first-order valence-corrected chi connectivity index (χ1v) is 10.5. The van der Waals surface area contributed by atoms with Crippen LogP contribution in [0.4, 0.5) is 4.79 Å². The molecule has 6 rings (SSSR count). The number of aromatic hydroxyl groups is 1. The number of hydrogen-bond donors (Lipinski definition) is 1. The van der Waals surface area contributed by atoms with Crippen molar-refractivity contribution in [2.75, 3.05) is 7.11 Å². The Labute approximate surface area is 184 Å². The van der Waals surface area contributed by atoms with Crippen LogP contribution in [-0.2, 0) is 16.1 Å². The van der Waals surface area contributed by atoms with Gasteiger partial charge in [0.05, 0.1) is 22.6 Å². The number of benzene rings is 2. The maximum absolute atomic E-state index is 13.6. The van der Waals surface area contributed by atoms with Crippen LogP contribution in [0.2, 0.25) is 0 Å². The molecule has 7 heteroatoms. The molecule has 32 heavy (non-hydrogen) atoms. The van der Waals surface area contributed by atoms with Gasteiger partial charge in [-0.3, -0.25) is 9.59 Å². The van der Waals surface area contributed by atoms with Crippen LogP contribution < -0.4 is 4.74 Å². The molecule has 0 radical (unpaired) electrons. The molecule has 2 aromatic rings. The minimum atomic E-state index is -0.998. The molecular weight excluding hydrogens is 412 g/mol. The van der Waals surface area contributed by atoms with Crippen molar-refractivity contribution in [3.05, 3.63) is 71.3 Å². The summed E-state index contributed by atoms with van der Waals surface area (Å²) in [4.78, 5) is 39.4. The number of ether oxygens (including phenoxy) is 3. The number of phenolic OH excluding ortho intramolecular Hbond substituents is 1. The van der Waals surface area contributed by atoms with Gasteiger partial charge in [-0.15, -0.1) is 0 Å². The summed E-state index contributed by atoms with van der Waals surface area (Å²) >= 11 is 0. The smallest absolute Gasteiger partial charge is 0.507 e. The molecule has 0 spiro atoms. The highest BCUT2D eigenvalue weighted by Crippen LogP contribution is 2.55. The first-order chi connectivity index (χ1) is 15.4. The summed E-state index contributed by atoms with van der Waals surface area (Å²) in [6.45, 7) is 0.000745. The van der Waals surface area contributed by atoms with Crippen LogP contribution in [0.15, 0.2) is 54.6 Å². The highest BCUT2D eigenvalue weighted by molar-refractivity contribution is 6.19. The van der Waals surface area contributed by atoms with E-state index in [1.165, 1.54) is 19.2 Å². The summed E-state index contributed by atoms with van der Waals surface area (Å²) in [5.41, 5.74) is -0.287. The van der Waals surface area contributed by atoms with Gasteiger partial charge in [-0.2, -0.15) is 0 Å². The second-order valence-corrected chi connectivity index (χ2v) is 8.41. The van der Waals surface area contributed by atoms with Crippen molar-refractivity contribution in [3.63, 3.8) is 0 Å². The lowest BCUT2D eigenvalue weighted by atomic mass is 9.53. The van der Waals surface area contributed by atoms with Crippen LogP contribution in [0.5, 0.6) is 11.5 Å². The maximum Gasteiger partial charge on any atom is 0.514 e. The van der Waals surface area contributed by atoms with E-state index in [0.717, 1.165) is 5.56 Å². The number of allylic oxidation sites excluding steroid dienone is 1. The first-order valence-electron chi connectivity index (χ1n) is 10.5. The Morgan fingerprint density at radius 1 is 1.09 bits per heavy atom. The third-order valence-electron chi connectivity index (χ3n) is 6.84. The number of ketones is 2. The van der Waals surface area contributed by atoms with Crippen molar-refractivity contribution in [2.45, 2.75) is 25.0 Å². The zero-order chi connectivity index (χ0) is 22.5. The second-order valence-electron chi connectivity index (χ2n) is 8.41. The van der Waals surface area contributed by atoms with Gasteiger partial charge in [0, 0.05) is 13.0 Å². The molecule has 4 aliphatic rings. The first kappa shape index (κ1) is 20.5. The zero-order valence-corrected chi connectivity index (χ0v) is 17.4. The Morgan fingerprint density at radius 3 is 2.56 bits per heavy atom. The van der Waals surface area contributed by atoms with E-state index in [1.807, 2.05) is 30.4 Å². The van der Waals surface area contributed by atoms with E-state index in [2.05, 4.69) is 0 Å². The molecule has 0 heterocycles. The van der Waals surface area contributed by atoms with Gasteiger partial charge in [0.1, 0.15) is 18.1 Å². The van der Waals surface area contributed by atoms with E-state index >= 15 is 0 Å². The molecule has 4 aliphatic carbocycles. The fourth-order valence-corrected chi connectivity index (χ4v) is 5.31. The molecule has 1 N–H and O–H groups in total. The molecule has 0 unspecified atom stereocenters. The molecule has 0 amide bonds. The van der Waals surface area contributed by atoms with E-state index in [-0.39, 0.29) is 46.7 Å².